The van der Waals surface area contributed by atoms with Gasteiger partial charge in [0.1, 0.15) is 0 Å². The Labute approximate surface area is 123 Å². The molecule has 1 aromatic heterocycles. The lowest BCUT2D eigenvalue weighted by Crippen LogP contribution is -2.39. The normalized spacial score (nSPS) is 28.4. The van der Waals surface area contributed by atoms with Crippen LogP contribution in [0.15, 0.2) is 12.4 Å². The predicted molar refractivity (Wildman–Crippen MR) is 84.5 cm³/mol. The largest absolute Gasteiger partial charge is 0.325 e. The summed E-state index contributed by atoms with van der Waals surface area (Å²) < 4.78 is 1.88. The quantitative estimate of drug-likeness (QED) is 0.857. The van der Waals surface area contributed by atoms with Gasteiger partial charge in [-0.25, -0.2) is 0 Å². The topological polar surface area (TPSA) is 43.8 Å². The Morgan fingerprint density at radius 2 is 2.10 bits per heavy atom. The Bertz CT molecular complexity index is 430. The molecule has 1 heterocycles. The average Bonchev–Trinajstić information content (AvgIpc) is 2.64. The number of hydrogen-bond acceptors (Lipinski definition) is 2. The fourth-order valence-electron chi connectivity index (χ4n) is 3.54. The monoisotopic (exact) mass is 277 g/mol. The first kappa shape index (κ1) is 15.6. The van der Waals surface area contributed by atoms with Gasteiger partial charge in [-0.15, -0.1) is 0 Å². The van der Waals surface area contributed by atoms with Gasteiger partial charge in [0.05, 0.1) is 6.20 Å². The average molecular weight is 277 g/mol. The van der Waals surface area contributed by atoms with Crippen LogP contribution in [0.1, 0.15) is 64.9 Å². The molecule has 20 heavy (non-hydrogen) atoms. The van der Waals surface area contributed by atoms with Crippen molar-refractivity contribution in [3.63, 3.8) is 0 Å². The van der Waals surface area contributed by atoms with E-state index in [2.05, 4.69) is 32.1 Å². The molecule has 1 fully saturated rings. The van der Waals surface area contributed by atoms with Crippen LogP contribution in [-0.4, -0.2) is 15.3 Å². The standard InChI is InChI=1S/C17H31N3/c1-16(2,3)15-6-5-9-17(18,11-8-15)10-7-14-12-19-20(4)13-14/h12-13,15H,5-11,18H2,1-4H3. The van der Waals surface area contributed by atoms with Crippen molar-refractivity contribution in [1.29, 1.82) is 0 Å². The molecule has 3 nitrogen and oxygen atoms in total. The van der Waals surface area contributed by atoms with E-state index in [9.17, 15) is 0 Å². The molecule has 1 aliphatic carbocycles. The third kappa shape index (κ3) is 4.08. The summed E-state index contributed by atoms with van der Waals surface area (Å²) in [5.41, 5.74) is 8.47. The number of aryl methyl sites for hydroxylation is 2. The molecule has 0 bridgehead atoms. The first-order valence-corrected chi connectivity index (χ1v) is 8.05. The van der Waals surface area contributed by atoms with Gasteiger partial charge < -0.3 is 5.73 Å². The van der Waals surface area contributed by atoms with Gasteiger partial charge in [0, 0.05) is 18.8 Å². The van der Waals surface area contributed by atoms with Gasteiger partial charge in [0.15, 0.2) is 0 Å². The summed E-state index contributed by atoms with van der Waals surface area (Å²) in [5.74, 6) is 0.825. The van der Waals surface area contributed by atoms with Crippen molar-refractivity contribution in [3.05, 3.63) is 18.0 Å². The number of rotatable bonds is 3. The van der Waals surface area contributed by atoms with Crippen LogP contribution < -0.4 is 5.73 Å². The van der Waals surface area contributed by atoms with E-state index in [1.807, 2.05) is 17.9 Å². The molecule has 2 N–H and O–H groups in total. The highest BCUT2D eigenvalue weighted by Crippen LogP contribution is 2.40. The SMILES string of the molecule is Cn1cc(CCC2(N)CCCC(C(C)(C)C)CC2)cn1. The predicted octanol–water partition coefficient (Wildman–Crippen LogP) is 3.68. The summed E-state index contributed by atoms with van der Waals surface area (Å²) in [6.07, 6.45) is 12.5. The molecule has 1 saturated carbocycles. The van der Waals surface area contributed by atoms with Crippen molar-refractivity contribution in [2.75, 3.05) is 0 Å². The first-order chi connectivity index (χ1) is 9.28. The van der Waals surface area contributed by atoms with E-state index in [0.717, 1.165) is 18.8 Å². The van der Waals surface area contributed by atoms with E-state index < -0.39 is 0 Å². The molecule has 3 heteroatoms. The van der Waals surface area contributed by atoms with E-state index in [4.69, 9.17) is 5.73 Å². The number of nitrogens with zero attached hydrogens (tertiary/aromatic N) is 2. The van der Waals surface area contributed by atoms with Crippen LogP contribution >= 0.6 is 0 Å². The van der Waals surface area contributed by atoms with Crippen LogP contribution in [0.3, 0.4) is 0 Å². The molecule has 0 saturated heterocycles. The van der Waals surface area contributed by atoms with Crippen LogP contribution in [0.2, 0.25) is 0 Å². The highest BCUT2D eigenvalue weighted by molar-refractivity contribution is 5.05. The molecule has 1 aliphatic rings. The third-order valence-electron chi connectivity index (χ3n) is 5.11. The molecule has 114 valence electrons. The molecule has 2 unspecified atom stereocenters. The van der Waals surface area contributed by atoms with Gasteiger partial charge in [-0.1, -0.05) is 27.2 Å². The maximum Gasteiger partial charge on any atom is 0.0521 e. The minimum absolute atomic E-state index is 0.0375. The zero-order chi connectivity index (χ0) is 14.8. The molecule has 1 aromatic rings. The third-order valence-corrected chi connectivity index (χ3v) is 5.11. The zero-order valence-electron chi connectivity index (χ0n) is 13.7. The van der Waals surface area contributed by atoms with Gasteiger partial charge in [-0.2, -0.15) is 5.10 Å². The van der Waals surface area contributed by atoms with Crippen molar-refractivity contribution in [2.24, 2.45) is 24.1 Å². The second kappa shape index (κ2) is 5.88. The fraction of sp³-hybridized carbons (Fsp3) is 0.824. The minimum Gasteiger partial charge on any atom is -0.325 e. The molecule has 0 spiro atoms. The van der Waals surface area contributed by atoms with Crippen LogP contribution in [0.25, 0.3) is 0 Å². The lowest BCUT2D eigenvalue weighted by molar-refractivity contribution is 0.210. The summed E-state index contributed by atoms with van der Waals surface area (Å²) in [7, 11) is 1.97. The number of nitrogens with two attached hydrogens (primary N) is 1. The Morgan fingerprint density at radius 1 is 1.35 bits per heavy atom. The molecule has 2 rings (SSSR count). The molecule has 2 atom stereocenters. The minimum atomic E-state index is 0.0375. The van der Waals surface area contributed by atoms with Gasteiger partial charge in [-0.3, -0.25) is 4.68 Å². The highest BCUT2D eigenvalue weighted by atomic mass is 15.2. The Morgan fingerprint density at radius 3 is 2.70 bits per heavy atom. The molecule has 0 aliphatic heterocycles. The Kier molecular flexibility index (Phi) is 4.58. The second-order valence-corrected chi connectivity index (χ2v) is 7.88. The van der Waals surface area contributed by atoms with Crippen molar-refractivity contribution in [2.45, 2.75) is 71.3 Å². The van der Waals surface area contributed by atoms with E-state index in [1.54, 1.807) is 0 Å². The van der Waals surface area contributed by atoms with Crippen molar-refractivity contribution in [3.8, 4) is 0 Å². The molecule has 0 amide bonds. The van der Waals surface area contributed by atoms with Gasteiger partial charge in [-0.05, 0) is 55.4 Å². The maximum atomic E-state index is 6.69. The van der Waals surface area contributed by atoms with Gasteiger partial charge >= 0.3 is 0 Å². The highest BCUT2D eigenvalue weighted by Gasteiger charge is 2.33. The Balaban J connectivity index is 1.90. The van der Waals surface area contributed by atoms with Crippen LogP contribution in [0.4, 0.5) is 0 Å². The molecular formula is C17H31N3. The van der Waals surface area contributed by atoms with Crippen molar-refractivity contribution < 1.29 is 0 Å². The van der Waals surface area contributed by atoms with E-state index in [-0.39, 0.29) is 5.54 Å². The van der Waals surface area contributed by atoms with Crippen molar-refractivity contribution in [1.82, 2.24) is 9.78 Å². The van der Waals surface area contributed by atoms with Gasteiger partial charge in [0.2, 0.25) is 0 Å². The van der Waals surface area contributed by atoms with Crippen LogP contribution in [0, 0.1) is 11.3 Å². The molecular weight excluding hydrogens is 246 g/mol. The maximum absolute atomic E-state index is 6.69. The summed E-state index contributed by atoms with van der Waals surface area (Å²) in [4.78, 5) is 0. The summed E-state index contributed by atoms with van der Waals surface area (Å²) in [6, 6.07) is 0. The van der Waals surface area contributed by atoms with E-state index >= 15 is 0 Å². The molecule has 0 aromatic carbocycles. The van der Waals surface area contributed by atoms with Crippen LogP contribution in [-0.2, 0) is 13.5 Å². The van der Waals surface area contributed by atoms with Crippen LogP contribution in [0.5, 0.6) is 0 Å². The van der Waals surface area contributed by atoms with E-state index in [0.29, 0.717) is 5.41 Å². The second-order valence-electron chi connectivity index (χ2n) is 7.88. The van der Waals surface area contributed by atoms with E-state index in [1.165, 1.54) is 37.7 Å². The first-order valence-electron chi connectivity index (χ1n) is 8.05. The Hall–Kier alpha value is -0.830. The lowest BCUT2D eigenvalue weighted by Gasteiger charge is -2.31. The fourth-order valence-corrected chi connectivity index (χ4v) is 3.54. The smallest absolute Gasteiger partial charge is 0.0521 e. The molecule has 0 radical (unpaired) electrons. The summed E-state index contributed by atoms with van der Waals surface area (Å²) in [6.45, 7) is 7.12. The summed E-state index contributed by atoms with van der Waals surface area (Å²) in [5, 5.41) is 4.24. The lowest BCUT2D eigenvalue weighted by atomic mass is 9.76. The number of hydrogen-bond donors (Lipinski definition) is 1. The number of aromatic nitrogens is 2. The van der Waals surface area contributed by atoms with Crippen molar-refractivity contribution >= 4 is 0 Å². The van der Waals surface area contributed by atoms with Gasteiger partial charge in [0.25, 0.3) is 0 Å². The summed E-state index contributed by atoms with van der Waals surface area (Å²) >= 11 is 0. The zero-order valence-corrected chi connectivity index (χ0v) is 13.7.